The van der Waals surface area contributed by atoms with E-state index in [-0.39, 0.29) is 17.4 Å². The van der Waals surface area contributed by atoms with Gasteiger partial charge in [-0.1, -0.05) is 30.3 Å². The van der Waals surface area contributed by atoms with Crippen molar-refractivity contribution >= 4 is 33.7 Å². The Balaban J connectivity index is 1.98. The number of hydrogen-bond donors (Lipinski definition) is 3. The molecule has 3 rings (SSSR count). The Morgan fingerprint density at radius 2 is 1.92 bits per heavy atom. The highest BCUT2D eigenvalue weighted by molar-refractivity contribution is 7.19. The molecule has 132 valence electrons. The number of nitrogens with one attached hydrogen (secondary N) is 2. The van der Waals surface area contributed by atoms with Gasteiger partial charge in [0, 0.05) is 38.3 Å². The maximum Gasteiger partial charge on any atom is 0.259 e. The van der Waals surface area contributed by atoms with Gasteiger partial charge in [-0.3, -0.25) is 9.59 Å². The maximum atomic E-state index is 13.0. The number of hydrogen-bond acceptors (Lipinski definition) is 6. The van der Waals surface area contributed by atoms with Gasteiger partial charge in [-0.2, -0.15) is 0 Å². The first-order valence-corrected chi connectivity index (χ1v) is 9.21. The summed E-state index contributed by atoms with van der Waals surface area (Å²) in [6.07, 6.45) is 0. The standard InChI is InChI=1S/C18H22N4O2S/c1-2-21-17-13(18(24)22-10-8-20-9-11-22)14(19)16(25-17)15(23)12-6-4-3-5-7-12/h3-7,20-21H,2,8-11,19H2,1H3. The van der Waals surface area contributed by atoms with Gasteiger partial charge in [0.1, 0.15) is 9.88 Å². The number of carbonyl (C=O) groups is 2. The number of nitrogens with zero attached hydrogens (tertiary/aromatic N) is 1. The van der Waals surface area contributed by atoms with E-state index in [1.165, 1.54) is 11.3 Å². The van der Waals surface area contributed by atoms with Crippen LogP contribution in [0.3, 0.4) is 0 Å². The number of benzene rings is 1. The second kappa shape index (κ2) is 7.67. The summed E-state index contributed by atoms with van der Waals surface area (Å²) in [6.45, 7) is 5.42. The van der Waals surface area contributed by atoms with Crippen molar-refractivity contribution in [3.63, 3.8) is 0 Å². The quantitative estimate of drug-likeness (QED) is 0.712. The average Bonchev–Trinajstić information content (AvgIpc) is 2.98. The smallest absolute Gasteiger partial charge is 0.259 e. The number of nitrogens with two attached hydrogens (primary N) is 1. The molecule has 0 spiro atoms. The van der Waals surface area contributed by atoms with Gasteiger partial charge < -0.3 is 21.3 Å². The van der Waals surface area contributed by atoms with Gasteiger partial charge in [-0.05, 0) is 6.92 Å². The Morgan fingerprint density at radius 1 is 1.24 bits per heavy atom. The van der Waals surface area contributed by atoms with Crippen LogP contribution in [0.4, 0.5) is 10.7 Å². The number of anilines is 2. The fourth-order valence-corrected chi connectivity index (χ4v) is 4.00. The normalized spacial score (nSPS) is 14.4. The molecular weight excluding hydrogens is 336 g/mol. The molecular formula is C18H22N4O2S. The Morgan fingerprint density at radius 3 is 2.56 bits per heavy atom. The van der Waals surface area contributed by atoms with E-state index in [1.54, 1.807) is 17.0 Å². The molecule has 0 atom stereocenters. The molecule has 0 aliphatic carbocycles. The maximum absolute atomic E-state index is 13.0. The predicted molar refractivity (Wildman–Crippen MR) is 102 cm³/mol. The molecule has 0 saturated carbocycles. The Bertz CT molecular complexity index is 767. The third-order valence-corrected chi connectivity index (χ3v) is 5.30. The Kier molecular flexibility index (Phi) is 5.35. The summed E-state index contributed by atoms with van der Waals surface area (Å²) in [6, 6.07) is 9.00. The van der Waals surface area contributed by atoms with Crippen LogP contribution in [0.5, 0.6) is 0 Å². The molecule has 2 heterocycles. The molecule has 7 heteroatoms. The van der Waals surface area contributed by atoms with Crippen LogP contribution in [0.15, 0.2) is 30.3 Å². The van der Waals surface area contributed by atoms with Crippen molar-refractivity contribution < 1.29 is 9.59 Å². The molecule has 1 amide bonds. The topological polar surface area (TPSA) is 87.5 Å². The SMILES string of the molecule is CCNc1sc(C(=O)c2ccccc2)c(N)c1C(=O)N1CCNCC1. The van der Waals surface area contributed by atoms with Crippen LogP contribution in [-0.2, 0) is 0 Å². The number of thiophene rings is 1. The lowest BCUT2D eigenvalue weighted by molar-refractivity contribution is 0.0738. The van der Waals surface area contributed by atoms with Crippen LogP contribution in [0.25, 0.3) is 0 Å². The third-order valence-electron chi connectivity index (χ3n) is 4.14. The molecule has 1 aliphatic heterocycles. The minimum atomic E-state index is -0.151. The number of ketones is 1. The van der Waals surface area contributed by atoms with Crippen molar-refractivity contribution in [2.24, 2.45) is 0 Å². The monoisotopic (exact) mass is 358 g/mol. The highest BCUT2D eigenvalue weighted by Gasteiger charge is 2.29. The molecule has 4 N–H and O–H groups in total. The van der Waals surface area contributed by atoms with Crippen molar-refractivity contribution in [2.45, 2.75) is 6.92 Å². The highest BCUT2D eigenvalue weighted by Crippen LogP contribution is 2.38. The van der Waals surface area contributed by atoms with Crippen molar-refractivity contribution in [2.75, 3.05) is 43.8 Å². The second-order valence-corrected chi connectivity index (χ2v) is 6.84. The first-order valence-electron chi connectivity index (χ1n) is 8.39. The number of piperazine rings is 1. The number of carbonyl (C=O) groups excluding carboxylic acids is 2. The minimum Gasteiger partial charge on any atom is -0.397 e. The van der Waals surface area contributed by atoms with Gasteiger partial charge in [0.05, 0.1) is 11.3 Å². The third kappa shape index (κ3) is 3.52. The summed E-state index contributed by atoms with van der Waals surface area (Å²) < 4.78 is 0. The number of amides is 1. The molecule has 1 aromatic heterocycles. The van der Waals surface area contributed by atoms with Gasteiger partial charge in [0.2, 0.25) is 5.78 Å². The van der Waals surface area contributed by atoms with Gasteiger partial charge in [0.25, 0.3) is 5.91 Å². The zero-order valence-electron chi connectivity index (χ0n) is 14.2. The summed E-state index contributed by atoms with van der Waals surface area (Å²) in [5.74, 6) is -0.264. The second-order valence-electron chi connectivity index (χ2n) is 5.82. The van der Waals surface area contributed by atoms with Gasteiger partial charge >= 0.3 is 0 Å². The summed E-state index contributed by atoms with van der Waals surface area (Å²) >= 11 is 1.26. The molecule has 25 heavy (non-hydrogen) atoms. The van der Waals surface area contributed by atoms with Crippen molar-refractivity contribution in [1.29, 1.82) is 0 Å². The highest BCUT2D eigenvalue weighted by atomic mass is 32.1. The molecule has 1 fully saturated rings. The van der Waals surface area contributed by atoms with Crippen LogP contribution < -0.4 is 16.4 Å². The van der Waals surface area contributed by atoms with Gasteiger partial charge in [0.15, 0.2) is 0 Å². The molecule has 1 aliphatic rings. The first kappa shape index (κ1) is 17.4. The summed E-state index contributed by atoms with van der Waals surface area (Å²) in [4.78, 5) is 28.0. The van der Waals surface area contributed by atoms with E-state index in [2.05, 4.69) is 10.6 Å². The van der Waals surface area contributed by atoms with Crippen LogP contribution in [-0.4, -0.2) is 49.3 Å². The van der Waals surface area contributed by atoms with Crippen molar-refractivity contribution in [3.05, 3.63) is 46.3 Å². The minimum absolute atomic E-state index is 0.113. The molecule has 0 radical (unpaired) electrons. The molecule has 6 nitrogen and oxygen atoms in total. The zero-order chi connectivity index (χ0) is 17.8. The fourth-order valence-electron chi connectivity index (χ4n) is 2.86. The van der Waals surface area contributed by atoms with E-state index < -0.39 is 0 Å². The lowest BCUT2D eigenvalue weighted by Crippen LogP contribution is -2.46. The summed E-state index contributed by atoms with van der Waals surface area (Å²) in [5.41, 5.74) is 7.54. The van der Waals surface area contributed by atoms with Gasteiger partial charge in [-0.15, -0.1) is 11.3 Å². The largest absolute Gasteiger partial charge is 0.397 e. The van der Waals surface area contributed by atoms with Gasteiger partial charge in [-0.25, -0.2) is 0 Å². The van der Waals surface area contributed by atoms with E-state index >= 15 is 0 Å². The average molecular weight is 358 g/mol. The van der Waals surface area contributed by atoms with Crippen LogP contribution in [0, 0.1) is 0 Å². The van der Waals surface area contributed by atoms with E-state index in [9.17, 15) is 9.59 Å². The number of rotatable bonds is 5. The lowest BCUT2D eigenvalue weighted by Gasteiger charge is -2.27. The summed E-state index contributed by atoms with van der Waals surface area (Å²) in [5, 5.41) is 7.08. The molecule has 1 aromatic carbocycles. The first-order chi connectivity index (χ1) is 12.1. The van der Waals surface area contributed by atoms with Crippen LogP contribution in [0.1, 0.15) is 32.5 Å². The fraction of sp³-hybridized carbons (Fsp3) is 0.333. The predicted octanol–water partition coefficient (Wildman–Crippen LogP) is 2.04. The molecule has 1 saturated heterocycles. The zero-order valence-corrected chi connectivity index (χ0v) is 15.0. The molecule has 2 aromatic rings. The van der Waals surface area contributed by atoms with E-state index in [1.807, 2.05) is 25.1 Å². The lowest BCUT2D eigenvalue weighted by atomic mass is 10.1. The Hall–Kier alpha value is -2.38. The Labute approximate surface area is 151 Å². The van der Waals surface area contributed by atoms with Crippen LogP contribution >= 0.6 is 11.3 Å². The van der Waals surface area contributed by atoms with Crippen LogP contribution in [0.2, 0.25) is 0 Å². The molecule has 0 unspecified atom stereocenters. The summed E-state index contributed by atoms with van der Waals surface area (Å²) in [7, 11) is 0. The number of nitrogen functional groups attached to an aromatic ring is 1. The van der Waals surface area contributed by atoms with Crippen molar-refractivity contribution in [1.82, 2.24) is 10.2 Å². The van der Waals surface area contributed by atoms with E-state index in [0.29, 0.717) is 40.6 Å². The molecule has 0 bridgehead atoms. The van der Waals surface area contributed by atoms with E-state index in [4.69, 9.17) is 5.73 Å². The van der Waals surface area contributed by atoms with E-state index in [0.717, 1.165) is 13.1 Å². The van der Waals surface area contributed by atoms with Crippen molar-refractivity contribution in [3.8, 4) is 0 Å².